The molecule has 25 heavy (non-hydrogen) atoms. The zero-order valence-electron chi connectivity index (χ0n) is 13.9. The maximum absolute atomic E-state index is 13.0. The molecule has 0 heterocycles. The molecular formula is C18H19FN2O3S. The van der Waals surface area contributed by atoms with Crippen molar-refractivity contribution in [3.8, 4) is 0 Å². The molecule has 0 unspecified atom stereocenters. The predicted molar refractivity (Wildman–Crippen MR) is 92.9 cm³/mol. The molecule has 2 aromatic carbocycles. The second-order valence-corrected chi connectivity index (χ2v) is 8.45. The van der Waals surface area contributed by atoms with E-state index in [0.29, 0.717) is 5.69 Å². The summed E-state index contributed by atoms with van der Waals surface area (Å²) in [5, 5.41) is 7.91. The molecule has 0 spiro atoms. The van der Waals surface area contributed by atoms with Gasteiger partial charge in [-0.1, -0.05) is 26.0 Å². The van der Waals surface area contributed by atoms with E-state index in [9.17, 15) is 17.6 Å². The van der Waals surface area contributed by atoms with Crippen LogP contribution in [0.3, 0.4) is 0 Å². The minimum absolute atomic E-state index is 0.0255. The highest BCUT2D eigenvalue weighted by atomic mass is 32.2. The Morgan fingerprint density at radius 1 is 1.08 bits per heavy atom. The summed E-state index contributed by atoms with van der Waals surface area (Å²) in [5.74, 6) is -0.782. The molecule has 0 bridgehead atoms. The van der Waals surface area contributed by atoms with Gasteiger partial charge in [-0.05, 0) is 47.4 Å². The summed E-state index contributed by atoms with van der Waals surface area (Å²) in [6, 6.07) is 11.9. The standard InChI is InChI=1S/C18H19FN2O3S/c1-18(2)15(11-3-9-14(10-4-11)25(20,23)24)16(18)17(22)21-13-7-5-12(19)6-8-13/h3-10,15-16H,1-2H3,(H,21,22)(H2,20,23,24)/t15-,16+/m0/s1. The van der Waals surface area contributed by atoms with Crippen LogP contribution < -0.4 is 10.5 Å². The van der Waals surface area contributed by atoms with Crippen molar-refractivity contribution in [3.63, 3.8) is 0 Å². The first kappa shape index (κ1) is 17.6. The largest absolute Gasteiger partial charge is 0.326 e. The Labute approximate surface area is 146 Å². The van der Waals surface area contributed by atoms with E-state index in [0.717, 1.165) is 5.56 Å². The summed E-state index contributed by atoms with van der Waals surface area (Å²) in [4.78, 5) is 12.6. The summed E-state index contributed by atoms with van der Waals surface area (Å²) in [7, 11) is -3.74. The Hall–Kier alpha value is -2.25. The van der Waals surface area contributed by atoms with Crippen molar-refractivity contribution < 1.29 is 17.6 Å². The number of hydrogen-bond acceptors (Lipinski definition) is 3. The third-order valence-electron chi connectivity index (χ3n) is 4.79. The number of primary sulfonamides is 1. The van der Waals surface area contributed by atoms with E-state index in [1.807, 2.05) is 13.8 Å². The third kappa shape index (κ3) is 3.43. The van der Waals surface area contributed by atoms with Crippen LogP contribution >= 0.6 is 0 Å². The van der Waals surface area contributed by atoms with E-state index in [-0.39, 0.29) is 33.9 Å². The quantitative estimate of drug-likeness (QED) is 0.876. The molecular weight excluding hydrogens is 343 g/mol. The number of anilines is 1. The lowest BCUT2D eigenvalue weighted by Gasteiger charge is -2.06. The van der Waals surface area contributed by atoms with E-state index < -0.39 is 10.0 Å². The number of sulfonamides is 1. The second kappa shape index (κ2) is 5.93. The molecule has 1 fully saturated rings. The molecule has 3 rings (SSSR count). The van der Waals surface area contributed by atoms with Gasteiger partial charge in [0.25, 0.3) is 0 Å². The van der Waals surface area contributed by atoms with Gasteiger partial charge in [-0.15, -0.1) is 0 Å². The SMILES string of the molecule is CC1(C)[C@@H](C(=O)Nc2ccc(F)cc2)[C@@H]1c1ccc(S(N)(=O)=O)cc1. The van der Waals surface area contributed by atoms with E-state index >= 15 is 0 Å². The Bertz CT molecular complexity index is 906. The van der Waals surface area contributed by atoms with Crippen LogP contribution in [-0.2, 0) is 14.8 Å². The van der Waals surface area contributed by atoms with Crippen molar-refractivity contribution in [1.29, 1.82) is 0 Å². The van der Waals surface area contributed by atoms with Crippen LogP contribution in [0.15, 0.2) is 53.4 Å². The topological polar surface area (TPSA) is 89.3 Å². The van der Waals surface area contributed by atoms with E-state index in [1.165, 1.54) is 36.4 Å². The van der Waals surface area contributed by atoms with Crippen LogP contribution in [0.2, 0.25) is 0 Å². The number of halogens is 1. The summed E-state index contributed by atoms with van der Waals surface area (Å²) in [6.07, 6.45) is 0. The van der Waals surface area contributed by atoms with Crippen molar-refractivity contribution in [3.05, 3.63) is 59.9 Å². The molecule has 7 heteroatoms. The van der Waals surface area contributed by atoms with Gasteiger partial charge < -0.3 is 5.32 Å². The van der Waals surface area contributed by atoms with Crippen LogP contribution in [0.5, 0.6) is 0 Å². The first-order chi connectivity index (χ1) is 11.6. The fourth-order valence-electron chi connectivity index (χ4n) is 3.37. The minimum atomic E-state index is -3.74. The van der Waals surface area contributed by atoms with Gasteiger partial charge in [0.1, 0.15) is 5.82 Å². The number of benzene rings is 2. The van der Waals surface area contributed by atoms with Crippen molar-refractivity contribution >= 4 is 21.6 Å². The maximum Gasteiger partial charge on any atom is 0.238 e. The first-order valence-electron chi connectivity index (χ1n) is 7.80. The van der Waals surface area contributed by atoms with E-state index in [4.69, 9.17) is 5.14 Å². The molecule has 3 N–H and O–H groups in total. The smallest absolute Gasteiger partial charge is 0.238 e. The molecule has 0 aromatic heterocycles. The summed E-state index contributed by atoms with van der Waals surface area (Å²) in [6.45, 7) is 3.97. The molecule has 0 saturated heterocycles. The molecule has 0 aliphatic heterocycles. The summed E-state index contributed by atoms with van der Waals surface area (Å²) < 4.78 is 35.6. The molecule has 1 aliphatic carbocycles. The molecule has 5 nitrogen and oxygen atoms in total. The van der Waals surface area contributed by atoms with Gasteiger partial charge >= 0.3 is 0 Å². The highest BCUT2D eigenvalue weighted by Gasteiger charge is 2.62. The Morgan fingerprint density at radius 2 is 1.64 bits per heavy atom. The van der Waals surface area contributed by atoms with Crippen molar-refractivity contribution in [2.24, 2.45) is 16.5 Å². The molecule has 1 amide bonds. The lowest BCUT2D eigenvalue weighted by molar-refractivity contribution is -0.118. The van der Waals surface area contributed by atoms with E-state index in [2.05, 4.69) is 5.32 Å². The van der Waals surface area contributed by atoms with Crippen molar-refractivity contribution in [2.45, 2.75) is 24.7 Å². The fourth-order valence-corrected chi connectivity index (χ4v) is 3.88. The lowest BCUT2D eigenvalue weighted by atomic mass is 10.0. The molecule has 1 saturated carbocycles. The van der Waals surface area contributed by atoms with Gasteiger partial charge in [-0.3, -0.25) is 4.79 Å². The normalized spacial score (nSPS) is 21.6. The van der Waals surface area contributed by atoms with Crippen LogP contribution in [0.25, 0.3) is 0 Å². The van der Waals surface area contributed by atoms with Gasteiger partial charge in [0.15, 0.2) is 0 Å². The third-order valence-corrected chi connectivity index (χ3v) is 5.72. The summed E-state index contributed by atoms with van der Waals surface area (Å²) in [5.41, 5.74) is 1.17. The van der Waals surface area contributed by atoms with Crippen molar-refractivity contribution in [1.82, 2.24) is 0 Å². The number of hydrogen-bond donors (Lipinski definition) is 2. The monoisotopic (exact) mass is 362 g/mol. The lowest BCUT2D eigenvalue weighted by Crippen LogP contribution is -2.16. The number of rotatable bonds is 4. The Morgan fingerprint density at radius 3 is 2.16 bits per heavy atom. The molecule has 2 aromatic rings. The van der Waals surface area contributed by atoms with E-state index in [1.54, 1.807) is 12.1 Å². The number of carbonyl (C=O) groups is 1. The minimum Gasteiger partial charge on any atom is -0.326 e. The second-order valence-electron chi connectivity index (χ2n) is 6.89. The molecule has 132 valence electrons. The number of amides is 1. The molecule has 0 radical (unpaired) electrons. The first-order valence-corrected chi connectivity index (χ1v) is 9.34. The van der Waals surface area contributed by atoms with Crippen molar-refractivity contribution in [2.75, 3.05) is 5.32 Å². The molecule has 1 aliphatic rings. The number of carbonyl (C=O) groups excluding carboxylic acids is 1. The van der Waals surface area contributed by atoms with Gasteiger partial charge in [0.2, 0.25) is 15.9 Å². The highest BCUT2D eigenvalue weighted by molar-refractivity contribution is 7.89. The van der Waals surface area contributed by atoms with Gasteiger partial charge in [0, 0.05) is 11.6 Å². The Balaban J connectivity index is 1.77. The van der Waals surface area contributed by atoms with Crippen LogP contribution in [0.4, 0.5) is 10.1 Å². The average Bonchev–Trinajstić information content (AvgIpc) is 3.11. The van der Waals surface area contributed by atoms with Gasteiger partial charge in [0.05, 0.1) is 10.8 Å². The van der Waals surface area contributed by atoms with Crippen LogP contribution in [-0.4, -0.2) is 14.3 Å². The summed E-state index contributed by atoms with van der Waals surface area (Å²) >= 11 is 0. The maximum atomic E-state index is 13.0. The predicted octanol–water partition coefficient (Wildman–Crippen LogP) is 2.85. The van der Waals surface area contributed by atoms with Gasteiger partial charge in [-0.2, -0.15) is 0 Å². The van der Waals surface area contributed by atoms with Gasteiger partial charge in [-0.25, -0.2) is 17.9 Å². The van der Waals surface area contributed by atoms with Crippen LogP contribution in [0, 0.1) is 17.2 Å². The fraction of sp³-hybridized carbons (Fsp3) is 0.278. The highest BCUT2D eigenvalue weighted by Crippen LogP contribution is 2.64. The zero-order chi connectivity index (χ0) is 18.4. The van der Waals surface area contributed by atoms with Crippen LogP contribution in [0.1, 0.15) is 25.3 Å². The number of nitrogens with two attached hydrogens (primary N) is 1. The number of nitrogens with one attached hydrogen (secondary N) is 1. The zero-order valence-corrected chi connectivity index (χ0v) is 14.7. The molecule has 2 atom stereocenters. The Kier molecular flexibility index (Phi) is 4.17. The average molecular weight is 362 g/mol.